The van der Waals surface area contributed by atoms with Gasteiger partial charge in [-0.25, -0.2) is 29.1 Å². The quantitative estimate of drug-likeness (QED) is 0.0862. The van der Waals surface area contributed by atoms with Gasteiger partial charge in [0.05, 0.1) is 32.0 Å². The van der Waals surface area contributed by atoms with Crippen LogP contribution < -0.4 is 17.0 Å². The van der Waals surface area contributed by atoms with Gasteiger partial charge in [-0.3, -0.25) is 37.0 Å². The van der Waals surface area contributed by atoms with Crippen molar-refractivity contribution in [2.75, 3.05) is 31.8 Å². The van der Waals surface area contributed by atoms with Crippen molar-refractivity contribution >= 4 is 49.7 Å². The summed E-state index contributed by atoms with van der Waals surface area (Å²) in [6.45, 7) is -1.27. The van der Waals surface area contributed by atoms with Crippen molar-refractivity contribution in [1.29, 1.82) is 0 Å². The molecule has 0 aliphatic carbocycles. The van der Waals surface area contributed by atoms with Crippen LogP contribution in [0.25, 0.3) is 22.3 Å². The maximum atomic E-state index is 13.6. The number of ether oxygens (including phenoxy) is 2. The molecule has 4 aromatic rings. The lowest BCUT2D eigenvalue weighted by atomic mass is 10.1. The number of anilines is 2. The van der Waals surface area contributed by atoms with Crippen LogP contribution in [0.5, 0.6) is 0 Å². The topological polar surface area (TPSA) is 330 Å². The molecule has 2 unspecified atom stereocenters. The number of rotatable bonds is 11. The van der Waals surface area contributed by atoms with Gasteiger partial charge in [0.15, 0.2) is 35.1 Å². The minimum Gasteiger partial charge on any atom is -0.388 e. The third kappa shape index (κ3) is 6.28. The summed E-state index contributed by atoms with van der Waals surface area (Å²) in [5.74, 6) is -0.132. The molecule has 2 fully saturated rings. The molecule has 4 aromatic heterocycles. The van der Waals surface area contributed by atoms with Crippen LogP contribution in [0.2, 0.25) is 0 Å². The largest absolute Gasteiger partial charge is 0.475 e. The summed E-state index contributed by atoms with van der Waals surface area (Å²) in [7, 11) is -8.58. The molecular formula is C21H28N10O13P2. The fourth-order valence-electron chi connectivity index (χ4n) is 5.11. The predicted octanol–water partition coefficient (Wildman–Crippen LogP) is -1.70. The fraction of sp³-hybridized carbons (Fsp3) is 0.524. The van der Waals surface area contributed by atoms with E-state index in [9.17, 15) is 33.9 Å². The summed E-state index contributed by atoms with van der Waals surface area (Å²) in [5.41, 5.74) is 11.3. The Bertz CT molecular complexity index is 1900. The van der Waals surface area contributed by atoms with Gasteiger partial charge in [-0.2, -0.15) is 4.98 Å². The second-order valence-corrected chi connectivity index (χ2v) is 13.1. The monoisotopic (exact) mass is 690 g/mol. The van der Waals surface area contributed by atoms with Crippen LogP contribution in [0, 0.1) is 0 Å². The number of aliphatic hydroxyl groups excluding tert-OH is 2. The Kier molecular flexibility index (Phi) is 8.69. The number of phosphoric acid groups is 2. The summed E-state index contributed by atoms with van der Waals surface area (Å²) in [6.07, 6.45) is -5.53. The van der Waals surface area contributed by atoms with E-state index in [4.69, 9.17) is 34.5 Å². The smallest absolute Gasteiger partial charge is 0.388 e. The number of nitrogens with two attached hydrogens (primary N) is 2. The molecule has 25 heteroatoms. The highest BCUT2D eigenvalue weighted by molar-refractivity contribution is 7.48. The van der Waals surface area contributed by atoms with E-state index >= 15 is 0 Å². The van der Waals surface area contributed by atoms with Crippen molar-refractivity contribution in [2.24, 2.45) is 0 Å². The van der Waals surface area contributed by atoms with Crippen molar-refractivity contribution < 1.29 is 56.7 Å². The summed E-state index contributed by atoms with van der Waals surface area (Å²) in [5, 5.41) is 21.9. The molecule has 2 aliphatic rings. The number of imidazole rings is 2. The molecule has 250 valence electrons. The fourth-order valence-corrected chi connectivity index (χ4v) is 6.61. The molecular weight excluding hydrogens is 662 g/mol. The highest BCUT2D eigenvalue weighted by Gasteiger charge is 2.51. The first-order chi connectivity index (χ1) is 21.8. The normalized spacial score (nSPS) is 28.3. The maximum absolute atomic E-state index is 13.6. The first-order valence-corrected chi connectivity index (χ1v) is 16.3. The summed E-state index contributed by atoms with van der Waals surface area (Å²) in [4.78, 5) is 53.0. The molecule has 8 atom stereocenters. The van der Waals surface area contributed by atoms with Gasteiger partial charge in [-0.1, -0.05) is 0 Å². The standard InChI is InChI=1S/C21H28N10O13P2/c1-39-46(38,41-3-8-2-9(32)19(42-8)31-7-27-12-17(31)28-21(23)29-18(12)34)44-14-10(4-40-45(35,36)37)43-20(13(14)33)30-6-26-11-15(22)24-5-25-16(11)30/h5-10,13-14,19-20,32-33H,2-4H2,1H3,(H2,22,24,25)(H2,35,36,37)(H3,23,28,29,34)/t8-,9+,10?,13+,14+,19+,20+,46?/m0/s1. The summed E-state index contributed by atoms with van der Waals surface area (Å²) < 4.78 is 59.9. The zero-order valence-corrected chi connectivity index (χ0v) is 25.3. The Morgan fingerprint density at radius 3 is 2.43 bits per heavy atom. The second-order valence-electron chi connectivity index (χ2n) is 10.1. The Morgan fingerprint density at radius 2 is 1.72 bits per heavy atom. The number of aromatic nitrogens is 8. The number of nitrogen functional groups attached to an aromatic ring is 2. The van der Waals surface area contributed by atoms with Crippen LogP contribution in [0.15, 0.2) is 23.8 Å². The minimum atomic E-state index is -5.01. The lowest BCUT2D eigenvalue weighted by Crippen LogP contribution is -2.36. The molecule has 6 rings (SSSR count). The van der Waals surface area contributed by atoms with Crippen molar-refractivity contribution in [2.45, 2.75) is 49.4 Å². The number of aliphatic hydroxyl groups is 2. The molecule has 0 spiro atoms. The number of fused-ring (bicyclic) bond motifs is 2. The van der Waals surface area contributed by atoms with Gasteiger partial charge in [-0.15, -0.1) is 0 Å². The molecule has 46 heavy (non-hydrogen) atoms. The Balaban J connectivity index is 1.18. The molecule has 0 bridgehead atoms. The number of aromatic amines is 1. The van der Waals surface area contributed by atoms with Crippen LogP contribution in [0.4, 0.5) is 11.8 Å². The predicted molar refractivity (Wildman–Crippen MR) is 150 cm³/mol. The van der Waals surface area contributed by atoms with Crippen molar-refractivity contribution in [3.05, 3.63) is 29.3 Å². The van der Waals surface area contributed by atoms with Crippen molar-refractivity contribution in [1.82, 2.24) is 39.0 Å². The maximum Gasteiger partial charge on any atom is 0.475 e. The van der Waals surface area contributed by atoms with E-state index in [0.717, 1.165) is 13.4 Å². The number of phosphoric ester groups is 2. The first kappa shape index (κ1) is 32.5. The van der Waals surface area contributed by atoms with E-state index in [2.05, 4.69) is 34.4 Å². The molecule has 0 saturated carbocycles. The van der Waals surface area contributed by atoms with Gasteiger partial charge in [-0.05, 0) is 0 Å². The van der Waals surface area contributed by atoms with E-state index in [1.807, 2.05) is 0 Å². The minimum absolute atomic E-state index is 0.0264. The highest BCUT2D eigenvalue weighted by atomic mass is 31.2. The van der Waals surface area contributed by atoms with E-state index in [0.29, 0.717) is 0 Å². The molecule has 6 heterocycles. The molecule has 0 amide bonds. The average Bonchev–Trinajstić information content (AvgIpc) is 3.76. The number of nitrogens with one attached hydrogen (secondary N) is 1. The SMILES string of the molecule is COP(=O)(OC[C@@H]1C[C@@H](O)[C@H](n2cnc3c(=O)[nH]c(N)nc32)O1)O[C@@H]1C(COP(=O)(O)O)O[C@@H](n2cnc3c(N)ncnc32)[C@@H]1O. The highest BCUT2D eigenvalue weighted by Crippen LogP contribution is 2.53. The third-order valence-corrected chi connectivity index (χ3v) is 9.06. The molecule has 2 aliphatic heterocycles. The summed E-state index contributed by atoms with van der Waals surface area (Å²) in [6, 6.07) is 0. The van der Waals surface area contributed by atoms with Crippen molar-refractivity contribution in [3.63, 3.8) is 0 Å². The van der Waals surface area contributed by atoms with Gasteiger partial charge in [0.25, 0.3) is 5.56 Å². The van der Waals surface area contributed by atoms with E-state index in [1.165, 1.54) is 21.8 Å². The Labute approximate surface area is 256 Å². The third-order valence-electron chi connectivity index (χ3n) is 7.16. The number of hydrogen-bond acceptors (Lipinski definition) is 18. The Morgan fingerprint density at radius 1 is 1.00 bits per heavy atom. The summed E-state index contributed by atoms with van der Waals surface area (Å²) >= 11 is 0. The first-order valence-electron chi connectivity index (χ1n) is 13.3. The lowest BCUT2D eigenvalue weighted by Gasteiger charge is -2.25. The molecule has 2 saturated heterocycles. The second kappa shape index (κ2) is 12.3. The van der Waals surface area contributed by atoms with Crippen molar-refractivity contribution in [3.8, 4) is 0 Å². The van der Waals surface area contributed by atoms with Crippen LogP contribution in [0.3, 0.4) is 0 Å². The van der Waals surface area contributed by atoms with E-state index in [1.54, 1.807) is 0 Å². The van der Waals surface area contributed by atoms with Gasteiger partial charge in [0.2, 0.25) is 5.95 Å². The van der Waals surface area contributed by atoms with Gasteiger partial charge in [0, 0.05) is 13.5 Å². The zero-order chi connectivity index (χ0) is 33.0. The lowest BCUT2D eigenvalue weighted by molar-refractivity contribution is -0.0565. The van der Waals surface area contributed by atoms with Gasteiger partial charge in [0.1, 0.15) is 36.3 Å². The number of nitrogens with zero attached hydrogens (tertiary/aromatic N) is 7. The molecule has 23 nitrogen and oxygen atoms in total. The van der Waals surface area contributed by atoms with E-state index in [-0.39, 0.29) is 40.5 Å². The molecule has 0 radical (unpaired) electrons. The van der Waals surface area contributed by atoms with Gasteiger partial charge >= 0.3 is 15.6 Å². The number of hydrogen-bond donors (Lipinski definition) is 7. The van der Waals surface area contributed by atoms with Crippen LogP contribution >= 0.6 is 15.6 Å². The van der Waals surface area contributed by atoms with Crippen LogP contribution in [-0.4, -0.2) is 110 Å². The van der Waals surface area contributed by atoms with Gasteiger partial charge < -0.3 is 40.9 Å². The average molecular weight is 690 g/mol. The van der Waals surface area contributed by atoms with Crippen LogP contribution in [-0.2, 0) is 36.7 Å². The van der Waals surface area contributed by atoms with E-state index < -0.39 is 77.4 Å². The number of H-pyrrole nitrogens is 1. The molecule has 9 N–H and O–H groups in total. The zero-order valence-electron chi connectivity index (χ0n) is 23.5. The van der Waals surface area contributed by atoms with Crippen LogP contribution in [0.1, 0.15) is 18.9 Å². The Hall–Kier alpha value is -3.44. The molecule has 0 aromatic carbocycles.